The molecule has 0 spiro atoms. The van der Waals surface area contributed by atoms with Gasteiger partial charge < -0.3 is 20.5 Å². The molecule has 3 rings (SSSR count). The van der Waals surface area contributed by atoms with Crippen molar-refractivity contribution >= 4 is 23.6 Å². The molecule has 0 saturated carbocycles. The molecule has 2 aromatic carbocycles. The number of rotatable bonds is 5. The molecule has 0 atom stereocenters. The third-order valence-corrected chi connectivity index (χ3v) is 3.47. The average Bonchev–Trinajstić information content (AvgIpc) is 3.01. The van der Waals surface area contributed by atoms with Gasteiger partial charge in [-0.1, -0.05) is 12.1 Å². The van der Waals surface area contributed by atoms with Crippen LogP contribution in [0.1, 0.15) is 10.4 Å². The summed E-state index contributed by atoms with van der Waals surface area (Å²) >= 11 is 0. The Labute approximate surface area is 144 Å². The van der Waals surface area contributed by atoms with Crippen LogP contribution in [0, 0.1) is 0 Å². The van der Waals surface area contributed by atoms with E-state index in [1.807, 2.05) is 18.2 Å². The van der Waals surface area contributed by atoms with Crippen molar-refractivity contribution in [3.05, 3.63) is 54.1 Å². The van der Waals surface area contributed by atoms with Gasteiger partial charge in [0.1, 0.15) is 5.75 Å². The van der Waals surface area contributed by atoms with Gasteiger partial charge in [-0.05, 0) is 30.3 Å². The van der Waals surface area contributed by atoms with E-state index in [0.717, 1.165) is 5.69 Å². The van der Waals surface area contributed by atoms with Crippen LogP contribution >= 0.6 is 0 Å². The molecule has 1 aromatic heterocycles. The lowest BCUT2D eigenvalue weighted by Gasteiger charge is -2.05. The Morgan fingerprint density at radius 3 is 2.72 bits per heavy atom. The van der Waals surface area contributed by atoms with Gasteiger partial charge in [0.15, 0.2) is 0 Å². The molecule has 25 heavy (non-hydrogen) atoms. The normalized spacial score (nSPS) is 10.3. The number of nitrogens with zero attached hydrogens (tertiary/aromatic N) is 3. The summed E-state index contributed by atoms with van der Waals surface area (Å²) in [6, 6.07) is 14.1. The topological polar surface area (TPSA) is 104 Å². The smallest absolute Gasteiger partial charge is 0.337 e. The third kappa shape index (κ3) is 3.52. The van der Waals surface area contributed by atoms with Gasteiger partial charge in [-0.3, -0.25) is 0 Å². The van der Waals surface area contributed by atoms with Gasteiger partial charge in [-0.15, -0.1) is 5.10 Å². The predicted molar refractivity (Wildman–Crippen MR) is 93.4 cm³/mol. The molecule has 0 aliphatic heterocycles. The number of hydrogen-bond donors (Lipinski definition) is 2. The third-order valence-electron chi connectivity index (χ3n) is 3.47. The van der Waals surface area contributed by atoms with Crippen LogP contribution in [0.25, 0.3) is 5.69 Å². The van der Waals surface area contributed by atoms with Gasteiger partial charge in [-0.25, -0.2) is 4.79 Å². The van der Waals surface area contributed by atoms with Crippen molar-refractivity contribution < 1.29 is 14.3 Å². The first kappa shape index (κ1) is 16.3. The summed E-state index contributed by atoms with van der Waals surface area (Å²) in [4.78, 5) is 15.8. The fourth-order valence-electron chi connectivity index (χ4n) is 2.28. The van der Waals surface area contributed by atoms with E-state index >= 15 is 0 Å². The zero-order valence-corrected chi connectivity index (χ0v) is 13.8. The Hall–Kier alpha value is -3.55. The van der Waals surface area contributed by atoms with Gasteiger partial charge in [0.25, 0.3) is 0 Å². The number of anilines is 3. The number of nitrogens with one attached hydrogen (secondary N) is 1. The molecule has 0 aliphatic rings. The van der Waals surface area contributed by atoms with E-state index in [-0.39, 0.29) is 5.95 Å². The lowest BCUT2D eigenvalue weighted by atomic mass is 10.2. The molecule has 0 unspecified atom stereocenters. The molecular formula is C17H17N5O3. The Morgan fingerprint density at radius 2 is 1.96 bits per heavy atom. The summed E-state index contributed by atoms with van der Waals surface area (Å²) in [5.74, 6) is 0.799. The van der Waals surface area contributed by atoms with E-state index in [0.29, 0.717) is 22.9 Å². The summed E-state index contributed by atoms with van der Waals surface area (Å²) in [6.07, 6.45) is 0. The number of aromatic nitrogens is 3. The van der Waals surface area contributed by atoms with Crippen molar-refractivity contribution in [3.63, 3.8) is 0 Å². The van der Waals surface area contributed by atoms with Gasteiger partial charge in [0.2, 0.25) is 11.9 Å². The van der Waals surface area contributed by atoms with E-state index in [2.05, 4.69) is 15.4 Å². The number of hydrogen-bond acceptors (Lipinski definition) is 7. The first-order chi connectivity index (χ1) is 12.1. The molecule has 0 radical (unpaired) electrons. The minimum absolute atomic E-state index is 0.222. The second kappa shape index (κ2) is 6.91. The number of nitrogen functional groups attached to an aromatic ring is 1. The molecule has 1 heterocycles. The Kier molecular flexibility index (Phi) is 4.51. The number of nitrogens with two attached hydrogens (primary N) is 1. The highest BCUT2D eigenvalue weighted by Gasteiger charge is 2.11. The van der Waals surface area contributed by atoms with Crippen LogP contribution in [0.15, 0.2) is 48.5 Å². The van der Waals surface area contributed by atoms with Crippen LogP contribution in [0.2, 0.25) is 0 Å². The van der Waals surface area contributed by atoms with E-state index in [1.165, 1.54) is 11.8 Å². The van der Waals surface area contributed by atoms with Crippen molar-refractivity contribution in [2.45, 2.75) is 0 Å². The standard InChI is InChI=1S/C17H17N5O3/c1-24-14-8-4-7-13(10-14)22-16(18)20-17(21-22)19-12-6-3-5-11(9-12)15(23)25-2/h3-10H,1-2H3,(H3,18,19,20,21). The number of methoxy groups -OCH3 is 2. The first-order valence-corrected chi connectivity index (χ1v) is 7.43. The molecule has 3 N–H and O–H groups in total. The highest BCUT2D eigenvalue weighted by molar-refractivity contribution is 5.90. The van der Waals surface area contributed by atoms with Crippen LogP contribution < -0.4 is 15.8 Å². The van der Waals surface area contributed by atoms with Crippen molar-refractivity contribution in [3.8, 4) is 11.4 Å². The summed E-state index contributed by atoms with van der Waals surface area (Å²) in [5, 5.41) is 7.36. The maximum absolute atomic E-state index is 11.6. The molecule has 0 amide bonds. The SMILES string of the molecule is COC(=O)c1cccc(Nc2nc(N)n(-c3cccc(OC)c3)n2)c1. The largest absolute Gasteiger partial charge is 0.497 e. The summed E-state index contributed by atoms with van der Waals surface area (Å²) in [7, 11) is 2.92. The molecule has 0 fully saturated rings. The minimum Gasteiger partial charge on any atom is -0.497 e. The summed E-state index contributed by atoms with van der Waals surface area (Å²) < 4.78 is 11.4. The first-order valence-electron chi connectivity index (χ1n) is 7.43. The van der Waals surface area contributed by atoms with E-state index in [1.54, 1.807) is 37.4 Å². The Balaban J connectivity index is 1.87. The second-order valence-electron chi connectivity index (χ2n) is 5.10. The molecule has 0 bridgehead atoms. The average molecular weight is 339 g/mol. The Bertz CT molecular complexity index is 907. The lowest BCUT2D eigenvalue weighted by molar-refractivity contribution is 0.0601. The van der Waals surface area contributed by atoms with E-state index in [4.69, 9.17) is 15.2 Å². The fourth-order valence-corrected chi connectivity index (χ4v) is 2.28. The number of esters is 1. The molecular weight excluding hydrogens is 322 g/mol. The van der Waals surface area contributed by atoms with Crippen molar-refractivity contribution in [2.75, 3.05) is 25.3 Å². The second-order valence-corrected chi connectivity index (χ2v) is 5.10. The van der Waals surface area contributed by atoms with Gasteiger partial charge >= 0.3 is 5.97 Å². The molecule has 0 aliphatic carbocycles. The number of ether oxygens (including phenoxy) is 2. The zero-order valence-electron chi connectivity index (χ0n) is 13.8. The predicted octanol–water partition coefficient (Wildman–Crippen LogP) is 2.39. The minimum atomic E-state index is -0.418. The highest BCUT2D eigenvalue weighted by Crippen LogP contribution is 2.21. The van der Waals surface area contributed by atoms with Gasteiger partial charge in [0.05, 0.1) is 25.5 Å². The maximum atomic E-state index is 11.6. The fraction of sp³-hybridized carbons (Fsp3) is 0.118. The Morgan fingerprint density at radius 1 is 1.16 bits per heavy atom. The van der Waals surface area contributed by atoms with Gasteiger partial charge in [-0.2, -0.15) is 9.67 Å². The lowest BCUT2D eigenvalue weighted by Crippen LogP contribution is -2.03. The van der Waals surface area contributed by atoms with Crippen molar-refractivity contribution in [1.82, 2.24) is 14.8 Å². The molecule has 128 valence electrons. The highest BCUT2D eigenvalue weighted by atomic mass is 16.5. The summed E-state index contributed by atoms with van der Waals surface area (Å²) in [5.41, 5.74) is 7.74. The van der Waals surface area contributed by atoms with Crippen LogP contribution in [0.5, 0.6) is 5.75 Å². The van der Waals surface area contributed by atoms with Crippen LogP contribution in [-0.4, -0.2) is 35.0 Å². The van der Waals surface area contributed by atoms with E-state index < -0.39 is 5.97 Å². The van der Waals surface area contributed by atoms with Crippen LogP contribution in [-0.2, 0) is 4.74 Å². The summed E-state index contributed by atoms with van der Waals surface area (Å²) in [6.45, 7) is 0. The van der Waals surface area contributed by atoms with Gasteiger partial charge in [0, 0.05) is 11.8 Å². The van der Waals surface area contributed by atoms with Crippen molar-refractivity contribution in [1.29, 1.82) is 0 Å². The molecule has 3 aromatic rings. The number of carbonyl (C=O) groups excluding carboxylic acids is 1. The molecule has 0 saturated heterocycles. The number of carbonyl (C=O) groups is 1. The van der Waals surface area contributed by atoms with E-state index in [9.17, 15) is 4.79 Å². The molecule has 8 heteroatoms. The number of benzene rings is 2. The molecule has 8 nitrogen and oxygen atoms in total. The van der Waals surface area contributed by atoms with Crippen LogP contribution in [0.3, 0.4) is 0 Å². The zero-order chi connectivity index (χ0) is 17.8. The quantitative estimate of drug-likeness (QED) is 0.688. The van der Waals surface area contributed by atoms with Crippen molar-refractivity contribution in [2.24, 2.45) is 0 Å². The van der Waals surface area contributed by atoms with Crippen LogP contribution in [0.4, 0.5) is 17.6 Å². The monoisotopic (exact) mass is 339 g/mol. The maximum Gasteiger partial charge on any atom is 0.337 e.